The molecule has 0 radical (unpaired) electrons. The number of rotatable bonds is 6. The van der Waals surface area contributed by atoms with Gasteiger partial charge in [0.15, 0.2) is 5.58 Å². The quantitative estimate of drug-likeness (QED) is 0.686. The standard InChI is InChI=1S/C18H20N2O3S/c1-14(2)20(12-15-8-4-3-5-9-15)24(21,22)13-17-16-10-6-7-11-18(16)23-19-17/h3-11,14H,12-13H2,1-2H3. The van der Waals surface area contributed by atoms with E-state index in [9.17, 15) is 8.42 Å². The van der Waals surface area contributed by atoms with Crippen LogP contribution in [0.1, 0.15) is 25.1 Å². The van der Waals surface area contributed by atoms with Crippen molar-refractivity contribution in [2.45, 2.75) is 32.2 Å². The number of hydrogen-bond donors (Lipinski definition) is 0. The largest absolute Gasteiger partial charge is 0.356 e. The molecule has 0 aliphatic heterocycles. The van der Waals surface area contributed by atoms with E-state index in [1.165, 1.54) is 4.31 Å². The molecule has 126 valence electrons. The van der Waals surface area contributed by atoms with Gasteiger partial charge in [-0.3, -0.25) is 0 Å². The van der Waals surface area contributed by atoms with Crippen molar-refractivity contribution in [3.63, 3.8) is 0 Å². The molecule has 0 saturated heterocycles. The fourth-order valence-corrected chi connectivity index (χ4v) is 4.37. The molecule has 24 heavy (non-hydrogen) atoms. The first-order valence-corrected chi connectivity index (χ1v) is 9.45. The summed E-state index contributed by atoms with van der Waals surface area (Å²) in [6.45, 7) is 4.10. The van der Waals surface area contributed by atoms with Gasteiger partial charge < -0.3 is 4.52 Å². The molecule has 0 amide bonds. The molecule has 6 heteroatoms. The Hall–Kier alpha value is -2.18. The van der Waals surface area contributed by atoms with Gasteiger partial charge in [0.25, 0.3) is 0 Å². The number of fused-ring (bicyclic) bond motifs is 1. The summed E-state index contributed by atoms with van der Waals surface area (Å²) in [5.74, 6) is -0.172. The predicted molar refractivity (Wildman–Crippen MR) is 93.8 cm³/mol. The van der Waals surface area contributed by atoms with Crippen LogP contribution in [0.25, 0.3) is 11.0 Å². The van der Waals surface area contributed by atoms with Crippen LogP contribution in [0.2, 0.25) is 0 Å². The van der Waals surface area contributed by atoms with Gasteiger partial charge in [-0.25, -0.2) is 8.42 Å². The smallest absolute Gasteiger partial charge is 0.220 e. The van der Waals surface area contributed by atoms with E-state index >= 15 is 0 Å². The summed E-state index contributed by atoms with van der Waals surface area (Å²) in [5.41, 5.74) is 2.01. The SMILES string of the molecule is CC(C)N(Cc1ccccc1)S(=O)(=O)Cc1noc2ccccc12. The lowest BCUT2D eigenvalue weighted by Crippen LogP contribution is -2.37. The molecular weight excluding hydrogens is 324 g/mol. The zero-order chi connectivity index (χ0) is 17.2. The lowest BCUT2D eigenvalue weighted by molar-refractivity contribution is 0.346. The number of hydrogen-bond acceptors (Lipinski definition) is 4. The van der Waals surface area contributed by atoms with E-state index in [-0.39, 0.29) is 11.8 Å². The third-order valence-corrected chi connectivity index (χ3v) is 5.79. The van der Waals surface area contributed by atoms with Crippen LogP contribution in [-0.4, -0.2) is 23.9 Å². The highest BCUT2D eigenvalue weighted by Gasteiger charge is 2.27. The fraction of sp³-hybridized carbons (Fsp3) is 0.278. The van der Waals surface area contributed by atoms with Gasteiger partial charge in [0.05, 0.1) is 0 Å². The maximum Gasteiger partial charge on any atom is 0.220 e. The molecule has 0 fully saturated rings. The van der Waals surface area contributed by atoms with Crippen LogP contribution in [0.5, 0.6) is 0 Å². The van der Waals surface area contributed by atoms with Gasteiger partial charge in [-0.1, -0.05) is 47.6 Å². The Balaban J connectivity index is 1.89. The summed E-state index contributed by atoms with van der Waals surface area (Å²) in [6, 6.07) is 16.7. The van der Waals surface area contributed by atoms with E-state index in [1.54, 1.807) is 6.07 Å². The zero-order valence-electron chi connectivity index (χ0n) is 13.7. The molecule has 0 aliphatic carbocycles. The van der Waals surface area contributed by atoms with Crippen molar-refractivity contribution in [2.75, 3.05) is 0 Å². The maximum atomic E-state index is 12.9. The van der Waals surface area contributed by atoms with Crippen LogP contribution in [0.4, 0.5) is 0 Å². The van der Waals surface area contributed by atoms with Gasteiger partial charge >= 0.3 is 0 Å². The van der Waals surface area contributed by atoms with Crippen molar-refractivity contribution in [3.05, 3.63) is 65.9 Å². The lowest BCUT2D eigenvalue weighted by atomic mass is 10.2. The monoisotopic (exact) mass is 344 g/mol. The molecule has 5 nitrogen and oxygen atoms in total. The number of aromatic nitrogens is 1. The molecule has 0 unspecified atom stereocenters. The summed E-state index contributed by atoms with van der Waals surface area (Å²) >= 11 is 0. The first kappa shape index (κ1) is 16.7. The second-order valence-electron chi connectivity index (χ2n) is 6.01. The van der Waals surface area contributed by atoms with Gasteiger partial charge in [-0.05, 0) is 31.5 Å². The Morgan fingerprint density at radius 1 is 1.04 bits per heavy atom. The van der Waals surface area contributed by atoms with Gasteiger partial charge in [-0.2, -0.15) is 4.31 Å². The Labute approximate surface area is 141 Å². The second kappa shape index (κ2) is 6.75. The minimum absolute atomic E-state index is 0.145. The summed E-state index contributed by atoms with van der Waals surface area (Å²) in [5, 5.41) is 4.69. The van der Waals surface area contributed by atoms with Crippen molar-refractivity contribution < 1.29 is 12.9 Å². The van der Waals surface area contributed by atoms with Crippen LogP contribution in [0.15, 0.2) is 59.1 Å². The minimum atomic E-state index is -3.52. The van der Waals surface area contributed by atoms with E-state index in [0.717, 1.165) is 10.9 Å². The molecule has 2 aromatic carbocycles. The van der Waals surface area contributed by atoms with Gasteiger partial charge in [0.1, 0.15) is 11.4 Å². The molecule has 0 atom stereocenters. The van der Waals surface area contributed by atoms with Crippen molar-refractivity contribution >= 4 is 21.0 Å². The van der Waals surface area contributed by atoms with Crippen molar-refractivity contribution in [2.24, 2.45) is 0 Å². The van der Waals surface area contributed by atoms with Crippen LogP contribution in [0.3, 0.4) is 0 Å². The molecule has 0 saturated carbocycles. The lowest BCUT2D eigenvalue weighted by Gasteiger charge is -2.25. The second-order valence-corrected chi connectivity index (χ2v) is 7.93. The van der Waals surface area contributed by atoms with Gasteiger partial charge in [0, 0.05) is 18.0 Å². The predicted octanol–water partition coefficient (Wildman–Crippen LogP) is 3.57. The molecule has 0 bridgehead atoms. The van der Waals surface area contributed by atoms with E-state index in [2.05, 4.69) is 5.16 Å². The van der Waals surface area contributed by atoms with Crippen molar-refractivity contribution in [3.8, 4) is 0 Å². The Morgan fingerprint density at radius 2 is 1.71 bits per heavy atom. The molecular formula is C18H20N2O3S. The molecule has 0 aliphatic rings. The third kappa shape index (κ3) is 3.49. The van der Waals surface area contributed by atoms with E-state index in [1.807, 2.05) is 62.4 Å². The summed E-state index contributed by atoms with van der Waals surface area (Å²) in [7, 11) is -3.52. The van der Waals surface area contributed by atoms with Gasteiger partial charge in [-0.15, -0.1) is 0 Å². The highest BCUT2D eigenvalue weighted by molar-refractivity contribution is 7.88. The molecule has 1 aromatic heterocycles. The zero-order valence-corrected chi connectivity index (χ0v) is 14.5. The summed E-state index contributed by atoms with van der Waals surface area (Å²) in [6.07, 6.45) is 0. The first-order chi connectivity index (χ1) is 11.5. The number of sulfonamides is 1. The number of nitrogens with zero attached hydrogens (tertiary/aromatic N) is 2. The minimum Gasteiger partial charge on any atom is -0.356 e. The Kier molecular flexibility index (Phi) is 4.69. The normalized spacial score (nSPS) is 12.3. The van der Waals surface area contributed by atoms with Crippen molar-refractivity contribution in [1.82, 2.24) is 9.46 Å². The molecule has 0 spiro atoms. The number of benzene rings is 2. The highest BCUT2D eigenvalue weighted by atomic mass is 32.2. The van der Waals surface area contributed by atoms with E-state index in [4.69, 9.17) is 4.52 Å². The molecule has 3 aromatic rings. The summed E-state index contributed by atoms with van der Waals surface area (Å²) in [4.78, 5) is 0. The topological polar surface area (TPSA) is 63.4 Å². The average molecular weight is 344 g/mol. The first-order valence-electron chi connectivity index (χ1n) is 7.84. The third-order valence-electron chi connectivity index (χ3n) is 3.89. The Morgan fingerprint density at radius 3 is 2.42 bits per heavy atom. The van der Waals surface area contributed by atoms with E-state index in [0.29, 0.717) is 17.8 Å². The van der Waals surface area contributed by atoms with Gasteiger partial charge in [0.2, 0.25) is 10.0 Å². The van der Waals surface area contributed by atoms with Crippen LogP contribution < -0.4 is 0 Å². The number of para-hydroxylation sites is 1. The molecule has 1 heterocycles. The Bertz CT molecular complexity index is 918. The molecule has 0 N–H and O–H groups in total. The van der Waals surface area contributed by atoms with Crippen LogP contribution >= 0.6 is 0 Å². The highest BCUT2D eigenvalue weighted by Crippen LogP contribution is 2.23. The van der Waals surface area contributed by atoms with E-state index < -0.39 is 10.0 Å². The maximum absolute atomic E-state index is 12.9. The fourth-order valence-electron chi connectivity index (χ4n) is 2.66. The average Bonchev–Trinajstić information content (AvgIpc) is 2.96. The van der Waals surface area contributed by atoms with Crippen molar-refractivity contribution in [1.29, 1.82) is 0 Å². The van der Waals surface area contributed by atoms with Crippen LogP contribution in [0, 0.1) is 0 Å². The summed E-state index contributed by atoms with van der Waals surface area (Å²) < 4.78 is 32.6. The van der Waals surface area contributed by atoms with Crippen LogP contribution in [-0.2, 0) is 22.3 Å². The molecule has 3 rings (SSSR count).